The van der Waals surface area contributed by atoms with Crippen molar-refractivity contribution in [1.82, 2.24) is 20.3 Å². The lowest BCUT2D eigenvalue weighted by Crippen LogP contribution is -2.39. The van der Waals surface area contributed by atoms with Gasteiger partial charge in [-0.15, -0.1) is 5.10 Å². The van der Waals surface area contributed by atoms with Crippen LogP contribution >= 0.6 is 0 Å². The van der Waals surface area contributed by atoms with Crippen LogP contribution in [0.15, 0.2) is 6.20 Å². The maximum Gasteiger partial charge on any atom is 0.358 e. The number of rotatable bonds is 6. The van der Waals surface area contributed by atoms with Crippen molar-refractivity contribution >= 4 is 11.9 Å². The first-order valence-electron chi connectivity index (χ1n) is 5.47. The number of carboxylic acids is 1. The maximum absolute atomic E-state index is 11.4. The largest absolute Gasteiger partial charge is 0.476 e. The number of nitrogens with two attached hydrogens (primary N) is 1. The van der Waals surface area contributed by atoms with Crippen LogP contribution in [0.5, 0.6) is 0 Å². The topological polar surface area (TPSA) is 123 Å². The number of carbonyl (C=O) groups is 2. The molecule has 0 saturated carbocycles. The number of hydrogen-bond donors (Lipinski definition) is 3. The average molecular weight is 255 g/mol. The van der Waals surface area contributed by atoms with Crippen LogP contribution in [0.1, 0.15) is 30.8 Å². The molecule has 100 valence electrons. The summed E-state index contributed by atoms with van der Waals surface area (Å²) in [5, 5.41) is 18.4. The molecule has 8 nitrogen and oxygen atoms in total. The molecule has 1 aromatic heterocycles. The number of aromatic carboxylic acids is 1. The molecule has 18 heavy (non-hydrogen) atoms. The van der Waals surface area contributed by atoms with Gasteiger partial charge in [0.05, 0.1) is 12.7 Å². The van der Waals surface area contributed by atoms with Crippen molar-refractivity contribution in [2.24, 2.45) is 5.73 Å². The molecule has 1 heterocycles. The lowest BCUT2D eigenvalue weighted by molar-refractivity contribution is -0.122. The second-order valence-electron chi connectivity index (χ2n) is 4.69. The van der Waals surface area contributed by atoms with Gasteiger partial charge < -0.3 is 16.2 Å². The number of hydrogen-bond acceptors (Lipinski definition) is 5. The smallest absolute Gasteiger partial charge is 0.358 e. The molecule has 0 radical (unpaired) electrons. The summed E-state index contributed by atoms with van der Waals surface area (Å²) in [6, 6.07) is 0. The van der Waals surface area contributed by atoms with Gasteiger partial charge in [-0.25, -0.2) is 9.48 Å². The number of aromatic nitrogens is 3. The van der Waals surface area contributed by atoms with Gasteiger partial charge in [-0.1, -0.05) is 5.21 Å². The van der Waals surface area contributed by atoms with E-state index < -0.39 is 11.5 Å². The Kier molecular flexibility index (Phi) is 4.38. The van der Waals surface area contributed by atoms with Gasteiger partial charge in [-0.2, -0.15) is 0 Å². The minimum Gasteiger partial charge on any atom is -0.476 e. The molecule has 0 aliphatic rings. The monoisotopic (exact) mass is 255 g/mol. The highest BCUT2D eigenvalue weighted by molar-refractivity contribution is 5.84. The molecule has 0 fully saturated rings. The lowest BCUT2D eigenvalue weighted by atomic mass is 10.0. The fraction of sp³-hybridized carbons (Fsp3) is 0.600. The van der Waals surface area contributed by atoms with E-state index in [0.717, 1.165) is 0 Å². The average Bonchev–Trinajstić information content (AvgIpc) is 2.63. The van der Waals surface area contributed by atoms with Crippen LogP contribution in [-0.4, -0.2) is 44.1 Å². The first-order chi connectivity index (χ1) is 8.28. The Labute approximate surface area is 104 Å². The number of nitrogens with zero attached hydrogens (tertiary/aromatic N) is 3. The number of carboxylic acid groups (broad SMARTS) is 1. The molecule has 1 rings (SSSR count). The van der Waals surface area contributed by atoms with E-state index in [-0.39, 0.29) is 18.0 Å². The van der Waals surface area contributed by atoms with Gasteiger partial charge in [0.2, 0.25) is 5.91 Å². The maximum atomic E-state index is 11.4. The Morgan fingerprint density at radius 2 is 2.22 bits per heavy atom. The molecule has 0 aliphatic carbocycles. The quantitative estimate of drug-likeness (QED) is 0.612. The van der Waals surface area contributed by atoms with Crippen LogP contribution in [0, 0.1) is 0 Å². The standard InChI is InChI=1S/C10H17N5O3/c1-10(2,11)5-8(16)12-3-4-15-6-7(9(17)18)13-14-15/h6H,3-5,11H2,1-2H3,(H,12,16)(H,17,18). The highest BCUT2D eigenvalue weighted by atomic mass is 16.4. The van der Waals surface area contributed by atoms with Crippen LogP contribution in [-0.2, 0) is 11.3 Å². The minimum atomic E-state index is -1.13. The summed E-state index contributed by atoms with van der Waals surface area (Å²) < 4.78 is 1.36. The van der Waals surface area contributed by atoms with Gasteiger partial charge in [-0.05, 0) is 13.8 Å². The Morgan fingerprint density at radius 3 is 2.72 bits per heavy atom. The predicted octanol–water partition coefficient (Wildman–Crippen LogP) is -0.780. The Morgan fingerprint density at radius 1 is 1.56 bits per heavy atom. The van der Waals surface area contributed by atoms with Gasteiger partial charge in [0.25, 0.3) is 0 Å². The third kappa shape index (κ3) is 4.91. The molecule has 8 heteroatoms. The van der Waals surface area contributed by atoms with Crippen molar-refractivity contribution in [3.63, 3.8) is 0 Å². The lowest BCUT2D eigenvalue weighted by Gasteiger charge is -2.17. The molecule has 0 saturated heterocycles. The zero-order valence-corrected chi connectivity index (χ0v) is 10.4. The van der Waals surface area contributed by atoms with Gasteiger partial charge in [0.15, 0.2) is 5.69 Å². The molecular formula is C10H17N5O3. The minimum absolute atomic E-state index is 0.121. The van der Waals surface area contributed by atoms with Crippen LogP contribution in [0.3, 0.4) is 0 Å². The van der Waals surface area contributed by atoms with E-state index in [4.69, 9.17) is 10.8 Å². The summed E-state index contributed by atoms with van der Waals surface area (Å²) in [7, 11) is 0. The van der Waals surface area contributed by atoms with Gasteiger partial charge in [-0.3, -0.25) is 4.79 Å². The van der Waals surface area contributed by atoms with Crippen molar-refractivity contribution in [3.8, 4) is 0 Å². The molecule has 0 aromatic carbocycles. The fourth-order valence-corrected chi connectivity index (χ4v) is 1.29. The molecule has 4 N–H and O–H groups in total. The van der Waals surface area contributed by atoms with Crippen molar-refractivity contribution in [2.45, 2.75) is 32.4 Å². The Balaban J connectivity index is 2.33. The van der Waals surface area contributed by atoms with E-state index in [1.807, 2.05) is 0 Å². The van der Waals surface area contributed by atoms with Crippen LogP contribution in [0.25, 0.3) is 0 Å². The molecule has 0 aliphatic heterocycles. The number of nitrogens with one attached hydrogen (secondary N) is 1. The Hall–Kier alpha value is -1.96. The second kappa shape index (κ2) is 5.58. The number of amides is 1. The Bertz CT molecular complexity index is 435. The van der Waals surface area contributed by atoms with Crippen molar-refractivity contribution in [2.75, 3.05) is 6.54 Å². The summed E-state index contributed by atoms with van der Waals surface area (Å²) in [5.41, 5.74) is 5.03. The normalized spacial score (nSPS) is 11.3. The zero-order chi connectivity index (χ0) is 13.8. The molecule has 0 spiro atoms. The third-order valence-electron chi connectivity index (χ3n) is 2.04. The fourth-order valence-electron chi connectivity index (χ4n) is 1.29. The summed E-state index contributed by atoms with van der Waals surface area (Å²) in [4.78, 5) is 22.0. The summed E-state index contributed by atoms with van der Waals surface area (Å²) in [6.07, 6.45) is 1.53. The molecule has 1 aromatic rings. The van der Waals surface area contributed by atoms with Gasteiger partial charge in [0, 0.05) is 18.5 Å². The van der Waals surface area contributed by atoms with Gasteiger partial charge >= 0.3 is 5.97 Å². The highest BCUT2D eigenvalue weighted by Gasteiger charge is 2.15. The van der Waals surface area contributed by atoms with E-state index in [1.165, 1.54) is 10.9 Å². The van der Waals surface area contributed by atoms with E-state index in [9.17, 15) is 9.59 Å². The molecule has 1 amide bonds. The third-order valence-corrected chi connectivity index (χ3v) is 2.04. The summed E-state index contributed by atoms with van der Waals surface area (Å²) in [5.74, 6) is -1.28. The first kappa shape index (κ1) is 14.1. The first-order valence-corrected chi connectivity index (χ1v) is 5.47. The van der Waals surface area contributed by atoms with Crippen LogP contribution in [0.2, 0.25) is 0 Å². The number of carbonyl (C=O) groups excluding carboxylic acids is 1. The molecular weight excluding hydrogens is 238 g/mol. The van der Waals surface area contributed by atoms with E-state index in [2.05, 4.69) is 15.6 Å². The molecule has 0 atom stereocenters. The predicted molar refractivity (Wildman–Crippen MR) is 62.9 cm³/mol. The van der Waals surface area contributed by atoms with E-state index in [1.54, 1.807) is 13.8 Å². The SMILES string of the molecule is CC(C)(N)CC(=O)NCCn1cc(C(=O)O)nn1. The summed E-state index contributed by atoms with van der Waals surface area (Å²) in [6.45, 7) is 4.24. The van der Waals surface area contributed by atoms with Crippen molar-refractivity contribution < 1.29 is 14.7 Å². The van der Waals surface area contributed by atoms with Crippen molar-refractivity contribution in [3.05, 3.63) is 11.9 Å². The van der Waals surface area contributed by atoms with E-state index in [0.29, 0.717) is 13.1 Å². The highest BCUT2D eigenvalue weighted by Crippen LogP contribution is 2.02. The van der Waals surface area contributed by atoms with Crippen molar-refractivity contribution in [1.29, 1.82) is 0 Å². The molecule has 0 unspecified atom stereocenters. The summed E-state index contributed by atoms with van der Waals surface area (Å²) >= 11 is 0. The van der Waals surface area contributed by atoms with E-state index >= 15 is 0 Å². The zero-order valence-electron chi connectivity index (χ0n) is 10.4. The molecule has 0 bridgehead atoms. The van der Waals surface area contributed by atoms with Crippen LogP contribution in [0.4, 0.5) is 0 Å². The van der Waals surface area contributed by atoms with Gasteiger partial charge in [0.1, 0.15) is 0 Å². The van der Waals surface area contributed by atoms with Crippen LogP contribution < -0.4 is 11.1 Å². The second-order valence-corrected chi connectivity index (χ2v) is 4.69.